The molecule has 0 saturated carbocycles. The Morgan fingerprint density at radius 1 is 1.18 bits per heavy atom. The maximum atomic E-state index is 6.67. The first-order valence-electron chi connectivity index (χ1n) is 6.10. The van der Waals surface area contributed by atoms with Crippen molar-refractivity contribution in [2.75, 3.05) is 32.5 Å². The topological polar surface area (TPSA) is 48.8 Å². The Labute approximate surface area is 110 Å². The van der Waals surface area contributed by atoms with Crippen LogP contribution < -0.4 is 5.73 Å². The summed E-state index contributed by atoms with van der Waals surface area (Å²) in [6.07, 6.45) is 5.07. The number of rotatable bonds is 11. The Kier molecular flexibility index (Phi) is 11.1. The average Bonchev–Trinajstić information content (AvgIpc) is 2.34. The van der Waals surface area contributed by atoms with E-state index in [1.165, 1.54) is 0 Å². The highest BCUT2D eigenvalue weighted by Gasteiger charge is 2.16. The summed E-state index contributed by atoms with van der Waals surface area (Å²) in [6.45, 7) is 8.70. The van der Waals surface area contributed by atoms with Gasteiger partial charge >= 0.3 is 0 Å². The molecule has 6 heteroatoms. The van der Waals surface area contributed by atoms with Crippen LogP contribution in [0.15, 0.2) is 0 Å². The second-order valence-electron chi connectivity index (χ2n) is 3.68. The van der Waals surface area contributed by atoms with Crippen molar-refractivity contribution < 1.29 is 9.05 Å². The fourth-order valence-electron chi connectivity index (χ4n) is 1.25. The third-order valence-corrected chi connectivity index (χ3v) is 5.60. The molecule has 4 nitrogen and oxygen atoms in total. The molecule has 0 aliphatic heterocycles. The van der Waals surface area contributed by atoms with Crippen LogP contribution in [-0.4, -0.2) is 32.5 Å². The molecular formula is C11H23N2O2PS. The highest BCUT2D eigenvalue weighted by molar-refractivity contribution is 8.09. The van der Waals surface area contributed by atoms with Gasteiger partial charge in [0.15, 0.2) is 6.49 Å². The summed E-state index contributed by atoms with van der Waals surface area (Å²) in [7, 11) is 0. The molecule has 1 atom stereocenters. The van der Waals surface area contributed by atoms with Crippen LogP contribution in [0.3, 0.4) is 0 Å². The largest absolute Gasteiger partial charge is 0.330 e. The molecule has 1 unspecified atom stereocenters. The van der Waals surface area contributed by atoms with Crippen molar-refractivity contribution in [3.63, 3.8) is 0 Å². The Morgan fingerprint density at radius 2 is 1.82 bits per heavy atom. The van der Waals surface area contributed by atoms with E-state index in [9.17, 15) is 0 Å². The summed E-state index contributed by atoms with van der Waals surface area (Å²) in [5.41, 5.74) is 5.42. The van der Waals surface area contributed by atoms with Gasteiger partial charge < -0.3 is 19.6 Å². The molecule has 100 valence electrons. The van der Waals surface area contributed by atoms with Crippen LogP contribution in [0, 0.1) is 6.57 Å². The van der Waals surface area contributed by atoms with Gasteiger partial charge in [0.05, 0.1) is 6.61 Å². The van der Waals surface area contributed by atoms with E-state index in [4.69, 9.17) is 33.2 Å². The van der Waals surface area contributed by atoms with Crippen molar-refractivity contribution in [2.24, 2.45) is 5.73 Å². The second-order valence-corrected chi connectivity index (χ2v) is 7.72. The molecular weight excluding hydrogens is 255 g/mol. The Balaban J connectivity index is 3.65. The lowest BCUT2D eigenvalue weighted by Gasteiger charge is -2.19. The molecule has 0 aliphatic carbocycles. The van der Waals surface area contributed by atoms with Gasteiger partial charge in [-0.05, 0) is 31.2 Å². The molecule has 0 aromatic heterocycles. The molecule has 0 rings (SSSR count). The summed E-state index contributed by atoms with van der Waals surface area (Å²) in [5, 5.41) is 0. The summed E-state index contributed by atoms with van der Waals surface area (Å²) in [5.74, 6) is 0. The fraction of sp³-hybridized carbons (Fsp3) is 0.909. The van der Waals surface area contributed by atoms with E-state index in [0.29, 0.717) is 19.8 Å². The van der Waals surface area contributed by atoms with Gasteiger partial charge in [0.2, 0.25) is 6.54 Å². The van der Waals surface area contributed by atoms with E-state index in [1.807, 2.05) is 6.92 Å². The molecule has 0 aromatic carbocycles. The lowest BCUT2D eigenvalue weighted by Crippen LogP contribution is -2.03. The molecule has 0 fully saturated rings. The standard InChI is InChI=1S/C11H23N2O2PS/c1-3-16(17,15-11-9-13-2)14-10-7-5-4-6-8-12/h3-12H2,1H3. The van der Waals surface area contributed by atoms with Gasteiger partial charge in [-0.25, -0.2) is 6.57 Å². The van der Waals surface area contributed by atoms with Crippen LogP contribution in [0.25, 0.3) is 4.85 Å². The van der Waals surface area contributed by atoms with Crippen molar-refractivity contribution in [1.82, 2.24) is 0 Å². The second kappa shape index (κ2) is 11.1. The third kappa shape index (κ3) is 9.70. The zero-order valence-corrected chi connectivity index (χ0v) is 12.3. The third-order valence-electron chi connectivity index (χ3n) is 2.26. The van der Waals surface area contributed by atoms with E-state index in [0.717, 1.165) is 38.4 Å². The van der Waals surface area contributed by atoms with E-state index in [1.54, 1.807) is 0 Å². The van der Waals surface area contributed by atoms with Crippen LogP contribution in [0.1, 0.15) is 32.6 Å². The van der Waals surface area contributed by atoms with Gasteiger partial charge in [-0.1, -0.05) is 19.8 Å². The molecule has 0 spiro atoms. The first-order valence-corrected chi connectivity index (χ1v) is 8.92. The normalized spacial score (nSPS) is 14.2. The van der Waals surface area contributed by atoms with E-state index in [-0.39, 0.29) is 0 Å². The molecule has 0 heterocycles. The van der Waals surface area contributed by atoms with E-state index >= 15 is 0 Å². The molecule has 0 radical (unpaired) electrons. The summed E-state index contributed by atoms with van der Waals surface area (Å²) >= 11 is 5.36. The van der Waals surface area contributed by atoms with Crippen molar-refractivity contribution in [1.29, 1.82) is 0 Å². The van der Waals surface area contributed by atoms with Gasteiger partial charge in [0.25, 0.3) is 0 Å². The van der Waals surface area contributed by atoms with Crippen molar-refractivity contribution in [3.8, 4) is 0 Å². The lowest BCUT2D eigenvalue weighted by molar-refractivity contribution is 0.250. The molecule has 0 amide bonds. The maximum absolute atomic E-state index is 6.67. The first-order chi connectivity index (χ1) is 8.18. The number of nitrogens with zero attached hydrogens (tertiary/aromatic N) is 1. The molecule has 17 heavy (non-hydrogen) atoms. The number of nitrogens with two attached hydrogens (primary N) is 1. The van der Waals surface area contributed by atoms with Crippen molar-refractivity contribution in [2.45, 2.75) is 32.6 Å². The highest BCUT2D eigenvalue weighted by atomic mass is 32.5. The predicted molar refractivity (Wildman–Crippen MR) is 75.7 cm³/mol. The first kappa shape index (κ1) is 17.0. The van der Waals surface area contributed by atoms with Crippen LogP contribution >= 0.6 is 6.49 Å². The average molecular weight is 278 g/mol. The molecule has 2 N–H and O–H groups in total. The number of hydrogen-bond donors (Lipinski definition) is 1. The quantitative estimate of drug-likeness (QED) is 0.359. The van der Waals surface area contributed by atoms with Crippen molar-refractivity contribution in [3.05, 3.63) is 11.4 Å². The van der Waals surface area contributed by atoms with Crippen LogP contribution in [-0.2, 0) is 20.9 Å². The number of unbranched alkanes of at least 4 members (excludes halogenated alkanes) is 3. The maximum Gasteiger partial charge on any atom is 0.238 e. The molecule has 0 aliphatic rings. The zero-order valence-electron chi connectivity index (χ0n) is 10.6. The molecule has 0 aromatic rings. The van der Waals surface area contributed by atoms with Gasteiger partial charge in [0, 0.05) is 6.16 Å². The van der Waals surface area contributed by atoms with E-state index < -0.39 is 6.49 Å². The minimum atomic E-state index is -2.12. The zero-order chi connectivity index (χ0) is 13.0. The van der Waals surface area contributed by atoms with E-state index in [2.05, 4.69) is 4.85 Å². The lowest BCUT2D eigenvalue weighted by atomic mass is 10.2. The minimum absolute atomic E-state index is 0.359. The smallest absolute Gasteiger partial charge is 0.238 e. The predicted octanol–water partition coefficient (Wildman–Crippen LogP) is 2.79. The molecule has 0 saturated heterocycles. The van der Waals surface area contributed by atoms with Crippen molar-refractivity contribution >= 4 is 18.3 Å². The fourth-order valence-corrected chi connectivity index (χ4v) is 2.90. The van der Waals surface area contributed by atoms with Crippen LogP contribution in [0.4, 0.5) is 0 Å². The van der Waals surface area contributed by atoms with Gasteiger partial charge in [-0.15, -0.1) is 0 Å². The molecule has 0 bridgehead atoms. The van der Waals surface area contributed by atoms with Gasteiger partial charge in [0.1, 0.15) is 6.61 Å². The Bertz CT molecular complexity index is 269. The van der Waals surface area contributed by atoms with Crippen LogP contribution in [0.2, 0.25) is 0 Å². The summed E-state index contributed by atoms with van der Waals surface area (Å²) < 4.78 is 11.2. The Morgan fingerprint density at radius 3 is 2.41 bits per heavy atom. The monoisotopic (exact) mass is 278 g/mol. The number of hydrogen-bond acceptors (Lipinski definition) is 4. The van der Waals surface area contributed by atoms with Gasteiger partial charge in [-0.2, -0.15) is 0 Å². The summed E-state index contributed by atoms with van der Waals surface area (Å²) in [6, 6.07) is 0. The SMILES string of the molecule is [C-]#[N+]CCOP(=S)(CC)OCCCCCCN. The van der Waals surface area contributed by atoms with Crippen LogP contribution in [0.5, 0.6) is 0 Å². The Hall–Kier alpha value is 0.0200. The highest BCUT2D eigenvalue weighted by Crippen LogP contribution is 2.48. The summed E-state index contributed by atoms with van der Waals surface area (Å²) in [4.78, 5) is 3.23. The minimum Gasteiger partial charge on any atom is -0.330 e. The van der Waals surface area contributed by atoms with Gasteiger partial charge in [-0.3, -0.25) is 0 Å².